The summed E-state index contributed by atoms with van der Waals surface area (Å²) in [5.74, 6) is -0.590. The summed E-state index contributed by atoms with van der Waals surface area (Å²) in [7, 11) is 1.53. The third-order valence-corrected chi connectivity index (χ3v) is 5.66. The van der Waals surface area contributed by atoms with E-state index in [0.29, 0.717) is 22.6 Å². The predicted molar refractivity (Wildman–Crippen MR) is 115 cm³/mol. The molecule has 1 saturated heterocycles. The second kappa shape index (κ2) is 8.14. The van der Waals surface area contributed by atoms with Crippen molar-refractivity contribution >= 4 is 17.4 Å². The predicted octanol–water partition coefficient (Wildman–Crippen LogP) is 4.53. The Morgan fingerprint density at radius 1 is 1.06 bits per heavy atom. The van der Waals surface area contributed by atoms with Crippen molar-refractivity contribution in [1.29, 1.82) is 0 Å². The molecule has 1 amide bonds. The molecule has 1 aromatic heterocycles. The lowest BCUT2D eigenvalue weighted by molar-refractivity contribution is -0.140. The van der Waals surface area contributed by atoms with E-state index >= 15 is 0 Å². The van der Waals surface area contributed by atoms with Crippen molar-refractivity contribution < 1.29 is 23.8 Å². The second-order valence-electron chi connectivity index (χ2n) is 7.55. The molecule has 0 radical (unpaired) electrons. The van der Waals surface area contributed by atoms with E-state index in [4.69, 9.17) is 9.15 Å². The van der Waals surface area contributed by atoms with E-state index in [1.54, 1.807) is 36.4 Å². The van der Waals surface area contributed by atoms with Crippen molar-refractivity contribution in [3.63, 3.8) is 0 Å². The summed E-state index contributed by atoms with van der Waals surface area (Å²) in [5, 5.41) is 11.2. The van der Waals surface area contributed by atoms with E-state index in [9.17, 15) is 14.7 Å². The van der Waals surface area contributed by atoms with Crippen molar-refractivity contribution in [2.24, 2.45) is 0 Å². The lowest BCUT2D eigenvalue weighted by Gasteiger charge is -2.25. The first kappa shape index (κ1) is 20.5. The number of ether oxygens (including phenoxy) is 1. The first-order valence-corrected chi connectivity index (χ1v) is 9.93. The summed E-state index contributed by atoms with van der Waals surface area (Å²) in [6, 6.07) is 15.2. The average molecular weight is 417 g/mol. The van der Waals surface area contributed by atoms with E-state index in [0.717, 1.165) is 11.1 Å². The molecule has 31 heavy (non-hydrogen) atoms. The van der Waals surface area contributed by atoms with Crippen LogP contribution in [0.25, 0.3) is 5.76 Å². The number of ketones is 1. The van der Waals surface area contributed by atoms with Gasteiger partial charge in [-0.05, 0) is 49.2 Å². The number of carbonyl (C=O) groups excluding carboxylic acids is 2. The van der Waals surface area contributed by atoms with Gasteiger partial charge in [0.05, 0.1) is 31.5 Å². The molecule has 6 nitrogen and oxygen atoms in total. The van der Waals surface area contributed by atoms with Crippen molar-refractivity contribution in [2.45, 2.75) is 26.4 Å². The summed E-state index contributed by atoms with van der Waals surface area (Å²) >= 11 is 0. The van der Waals surface area contributed by atoms with E-state index in [1.165, 1.54) is 18.3 Å². The van der Waals surface area contributed by atoms with Crippen molar-refractivity contribution in [3.8, 4) is 5.75 Å². The van der Waals surface area contributed by atoms with Gasteiger partial charge in [-0.2, -0.15) is 0 Å². The summed E-state index contributed by atoms with van der Waals surface area (Å²) in [5.41, 5.74) is 3.17. The summed E-state index contributed by atoms with van der Waals surface area (Å²) < 4.78 is 10.9. The Bertz CT molecular complexity index is 1180. The van der Waals surface area contributed by atoms with Gasteiger partial charge in [-0.1, -0.05) is 30.3 Å². The van der Waals surface area contributed by atoms with Crippen LogP contribution in [0.5, 0.6) is 5.75 Å². The Balaban J connectivity index is 1.92. The molecule has 1 aliphatic rings. The number of para-hydroxylation sites is 1. The van der Waals surface area contributed by atoms with Gasteiger partial charge < -0.3 is 19.2 Å². The number of nitrogens with zero attached hydrogens (tertiary/aromatic N) is 1. The molecule has 1 unspecified atom stereocenters. The number of methoxy groups -OCH3 is 1. The van der Waals surface area contributed by atoms with E-state index in [1.807, 2.05) is 32.0 Å². The zero-order valence-corrected chi connectivity index (χ0v) is 17.6. The number of amides is 1. The van der Waals surface area contributed by atoms with Gasteiger partial charge in [0.2, 0.25) is 0 Å². The molecule has 1 aliphatic heterocycles. The number of likely N-dealkylation sites (tertiary alicyclic amines) is 1. The molecule has 3 aromatic rings. The van der Waals surface area contributed by atoms with Crippen LogP contribution in [0.4, 0.5) is 0 Å². The van der Waals surface area contributed by atoms with Gasteiger partial charge in [0.25, 0.3) is 11.7 Å². The van der Waals surface area contributed by atoms with E-state index in [-0.39, 0.29) is 17.9 Å². The molecule has 2 aromatic carbocycles. The van der Waals surface area contributed by atoms with Crippen LogP contribution in [0, 0.1) is 13.8 Å². The largest absolute Gasteiger partial charge is 0.507 e. The van der Waals surface area contributed by atoms with Gasteiger partial charge in [0, 0.05) is 11.1 Å². The first-order chi connectivity index (χ1) is 14.9. The molecule has 0 aliphatic carbocycles. The summed E-state index contributed by atoms with van der Waals surface area (Å²) in [4.78, 5) is 27.6. The Morgan fingerprint density at radius 2 is 1.84 bits per heavy atom. The Kier molecular flexibility index (Phi) is 5.38. The van der Waals surface area contributed by atoms with Gasteiger partial charge >= 0.3 is 0 Å². The first-order valence-electron chi connectivity index (χ1n) is 9.93. The van der Waals surface area contributed by atoms with Gasteiger partial charge in [-0.15, -0.1) is 0 Å². The fourth-order valence-corrected chi connectivity index (χ4v) is 3.87. The number of aryl methyl sites for hydroxylation is 2. The van der Waals surface area contributed by atoms with Crippen LogP contribution in [0.1, 0.15) is 34.1 Å². The Hall–Kier alpha value is -3.80. The molecule has 2 heterocycles. The molecule has 4 rings (SSSR count). The lowest BCUT2D eigenvalue weighted by Crippen LogP contribution is -2.29. The highest BCUT2D eigenvalue weighted by molar-refractivity contribution is 6.46. The number of benzene rings is 2. The minimum Gasteiger partial charge on any atom is -0.507 e. The van der Waals surface area contributed by atoms with Gasteiger partial charge in [0.15, 0.2) is 0 Å². The van der Waals surface area contributed by atoms with Crippen LogP contribution in [0.15, 0.2) is 70.9 Å². The fraction of sp³-hybridized carbons (Fsp3) is 0.200. The Morgan fingerprint density at radius 3 is 2.52 bits per heavy atom. The van der Waals surface area contributed by atoms with E-state index < -0.39 is 17.7 Å². The van der Waals surface area contributed by atoms with Crippen LogP contribution in [-0.2, 0) is 16.1 Å². The van der Waals surface area contributed by atoms with Crippen LogP contribution in [-0.4, -0.2) is 28.8 Å². The number of carbonyl (C=O) groups is 2. The topological polar surface area (TPSA) is 80.0 Å². The quantitative estimate of drug-likeness (QED) is 0.375. The number of aliphatic hydroxyl groups is 1. The molecule has 158 valence electrons. The molecular weight excluding hydrogens is 394 g/mol. The van der Waals surface area contributed by atoms with Crippen LogP contribution in [0.3, 0.4) is 0 Å². The summed E-state index contributed by atoms with van der Waals surface area (Å²) in [6.45, 7) is 3.99. The maximum absolute atomic E-state index is 13.1. The maximum atomic E-state index is 13.1. The molecule has 0 bridgehead atoms. The molecule has 6 heteroatoms. The van der Waals surface area contributed by atoms with Gasteiger partial charge in [0.1, 0.15) is 17.3 Å². The Labute approximate surface area is 180 Å². The third-order valence-electron chi connectivity index (χ3n) is 5.66. The van der Waals surface area contributed by atoms with Crippen LogP contribution >= 0.6 is 0 Å². The molecule has 0 saturated carbocycles. The highest BCUT2D eigenvalue weighted by atomic mass is 16.5. The standard InChI is InChI=1S/C25H23NO5/c1-15-10-11-17(13-16(15)2)23(27)21-22(19-8-4-5-9-20(19)30-3)26(25(29)24(21)28)14-18-7-6-12-31-18/h4-13,22,27H,14H2,1-3H3/b23-21+. The molecule has 1 N–H and O–H groups in total. The number of furan rings is 1. The van der Waals surface area contributed by atoms with Crippen LogP contribution < -0.4 is 4.74 Å². The van der Waals surface area contributed by atoms with Crippen molar-refractivity contribution in [1.82, 2.24) is 4.90 Å². The third kappa shape index (κ3) is 3.61. The zero-order chi connectivity index (χ0) is 22.1. The van der Waals surface area contributed by atoms with Gasteiger partial charge in [-0.25, -0.2) is 0 Å². The molecule has 1 fully saturated rings. The SMILES string of the molecule is COc1ccccc1C1/C(=C(\O)c2ccc(C)c(C)c2)C(=O)C(=O)N1Cc1ccco1. The van der Waals surface area contributed by atoms with Crippen molar-refractivity contribution in [2.75, 3.05) is 7.11 Å². The monoisotopic (exact) mass is 417 g/mol. The highest BCUT2D eigenvalue weighted by Gasteiger charge is 2.47. The zero-order valence-electron chi connectivity index (χ0n) is 17.6. The molecule has 1 atom stereocenters. The molecule has 0 spiro atoms. The van der Waals surface area contributed by atoms with E-state index in [2.05, 4.69) is 0 Å². The number of hydrogen-bond acceptors (Lipinski definition) is 5. The summed E-state index contributed by atoms with van der Waals surface area (Å²) in [6.07, 6.45) is 1.51. The van der Waals surface area contributed by atoms with Gasteiger partial charge in [-0.3, -0.25) is 9.59 Å². The average Bonchev–Trinajstić information content (AvgIpc) is 3.37. The maximum Gasteiger partial charge on any atom is 0.296 e. The number of Topliss-reactive ketones (excluding diaryl/α,β-unsaturated/α-hetero) is 1. The normalized spacial score (nSPS) is 17.9. The second-order valence-corrected chi connectivity index (χ2v) is 7.55. The van der Waals surface area contributed by atoms with Crippen LogP contribution in [0.2, 0.25) is 0 Å². The fourth-order valence-electron chi connectivity index (χ4n) is 3.87. The lowest BCUT2D eigenvalue weighted by atomic mass is 9.93. The minimum absolute atomic E-state index is 0.0318. The molecular formula is C25H23NO5. The highest BCUT2D eigenvalue weighted by Crippen LogP contribution is 2.43. The number of rotatable bonds is 5. The van der Waals surface area contributed by atoms with Crippen molar-refractivity contribution in [3.05, 3.63) is 94.4 Å². The smallest absolute Gasteiger partial charge is 0.296 e. The number of aliphatic hydroxyl groups excluding tert-OH is 1. The number of hydrogen-bond donors (Lipinski definition) is 1. The minimum atomic E-state index is -0.817.